The van der Waals surface area contributed by atoms with Crippen LogP contribution in [-0.4, -0.2) is 41.3 Å². The number of ether oxygens (including phenoxy) is 1. The molecule has 0 radical (unpaired) electrons. The number of amides is 2. The monoisotopic (exact) mass is 419 g/mol. The van der Waals surface area contributed by atoms with E-state index in [0.29, 0.717) is 17.7 Å². The summed E-state index contributed by atoms with van der Waals surface area (Å²) in [5.74, 6) is -3.62. The Kier molecular flexibility index (Phi) is 19.5. The van der Waals surface area contributed by atoms with Gasteiger partial charge in [0.25, 0.3) is 0 Å². The number of unbranched alkanes of at least 4 members (excludes halogenated alkanes) is 6. The van der Waals surface area contributed by atoms with Crippen LogP contribution < -0.4 is 34.7 Å². The van der Waals surface area contributed by atoms with Gasteiger partial charge in [-0.2, -0.15) is 0 Å². The smallest absolute Gasteiger partial charge is 0.548 e. The Morgan fingerprint density at radius 1 is 0.931 bits per heavy atom. The molecule has 0 aliphatic rings. The number of carbonyl (C=O) groups excluding carboxylic acids is 4. The van der Waals surface area contributed by atoms with Crippen LogP contribution in [0.15, 0.2) is 12.7 Å². The van der Waals surface area contributed by atoms with Crippen molar-refractivity contribution >= 4 is 23.8 Å². The minimum atomic E-state index is -1.66. The minimum absolute atomic E-state index is 0. The van der Waals surface area contributed by atoms with Crippen LogP contribution in [0.25, 0.3) is 0 Å². The van der Waals surface area contributed by atoms with E-state index in [1.807, 2.05) is 13.8 Å². The molecule has 0 aromatic rings. The average Bonchev–Trinajstić information content (AvgIpc) is 2.66. The van der Waals surface area contributed by atoms with Crippen molar-refractivity contribution in [2.45, 2.75) is 90.5 Å². The molecule has 0 saturated heterocycles. The fourth-order valence-corrected chi connectivity index (χ4v) is 2.78. The molecule has 0 aliphatic heterocycles. The van der Waals surface area contributed by atoms with E-state index in [2.05, 4.69) is 6.58 Å². The number of hydrogen-bond donors (Lipinski definition) is 0. The number of nitrogens with zero attached hydrogens (tertiary/aromatic N) is 1. The Labute approximate surface area is 196 Å². The molecule has 1 unspecified atom stereocenters. The normalized spacial score (nSPS) is 11.1. The summed E-state index contributed by atoms with van der Waals surface area (Å²) in [6, 6.07) is -1.66. The Bertz CT molecular complexity index is 499. The molecular formula is C21H34NNaO6. The van der Waals surface area contributed by atoms with Gasteiger partial charge in [-0.15, -0.1) is 0 Å². The molecule has 0 saturated carbocycles. The van der Waals surface area contributed by atoms with Crippen LogP contribution in [-0.2, 0) is 23.9 Å². The largest absolute Gasteiger partial charge is 1.00 e. The van der Waals surface area contributed by atoms with Gasteiger partial charge in [0.15, 0.2) is 0 Å². The zero-order valence-corrected chi connectivity index (χ0v) is 20.2. The number of carboxylic acids is 1. The number of carbonyl (C=O) groups is 4. The van der Waals surface area contributed by atoms with Gasteiger partial charge in [-0.1, -0.05) is 65.0 Å². The van der Waals surface area contributed by atoms with E-state index in [9.17, 15) is 24.3 Å². The fraction of sp³-hybridized carbons (Fsp3) is 0.714. The zero-order chi connectivity index (χ0) is 21.4. The number of aliphatic carboxylic acids is 1. The van der Waals surface area contributed by atoms with Gasteiger partial charge in [0.05, 0.1) is 18.4 Å². The van der Waals surface area contributed by atoms with Crippen LogP contribution >= 0.6 is 0 Å². The molecule has 0 spiro atoms. The zero-order valence-electron chi connectivity index (χ0n) is 18.2. The summed E-state index contributed by atoms with van der Waals surface area (Å²) >= 11 is 0. The van der Waals surface area contributed by atoms with Crippen molar-refractivity contribution in [1.29, 1.82) is 0 Å². The van der Waals surface area contributed by atoms with E-state index >= 15 is 0 Å². The molecule has 8 heteroatoms. The number of carboxylic acid groups (broad SMARTS) is 1. The van der Waals surface area contributed by atoms with E-state index in [-0.39, 0.29) is 49.0 Å². The molecule has 0 N–H and O–H groups in total. The summed E-state index contributed by atoms with van der Waals surface area (Å²) in [6.07, 6.45) is 7.50. The third kappa shape index (κ3) is 13.6. The van der Waals surface area contributed by atoms with Gasteiger partial charge in [-0.05, 0) is 12.8 Å². The SMILES string of the molecule is C=CCOC(=O)CC(C(=O)[O-])N(C(=O)CCCCCC)C(=O)CCCCCC.[Na+]. The first-order valence-electron chi connectivity index (χ1n) is 10.2. The molecular weight excluding hydrogens is 385 g/mol. The third-order valence-corrected chi connectivity index (χ3v) is 4.33. The van der Waals surface area contributed by atoms with Crippen molar-refractivity contribution in [2.75, 3.05) is 6.61 Å². The van der Waals surface area contributed by atoms with Crippen LogP contribution in [0, 0.1) is 0 Å². The predicted octanol–water partition coefficient (Wildman–Crippen LogP) is -0.476. The molecule has 0 heterocycles. The summed E-state index contributed by atoms with van der Waals surface area (Å²) in [7, 11) is 0. The first-order valence-corrected chi connectivity index (χ1v) is 10.2. The van der Waals surface area contributed by atoms with Gasteiger partial charge in [-0.25, -0.2) is 0 Å². The second kappa shape index (κ2) is 18.8. The molecule has 7 nitrogen and oxygen atoms in total. The molecule has 0 bridgehead atoms. The van der Waals surface area contributed by atoms with Gasteiger partial charge in [-0.3, -0.25) is 19.3 Å². The number of rotatable bonds is 16. The van der Waals surface area contributed by atoms with E-state index in [1.165, 1.54) is 6.08 Å². The molecule has 0 aromatic carbocycles. The second-order valence-electron chi connectivity index (χ2n) is 6.79. The summed E-state index contributed by atoms with van der Waals surface area (Å²) in [5, 5.41) is 11.6. The molecule has 160 valence electrons. The van der Waals surface area contributed by atoms with E-state index < -0.39 is 36.2 Å². The van der Waals surface area contributed by atoms with Crippen LogP contribution in [0.2, 0.25) is 0 Å². The molecule has 0 rings (SSSR count). The van der Waals surface area contributed by atoms with Crippen molar-refractivity contribution in [2.24, 2.45) is 0 Å². The Hall–Kier alpha value is -1.18. The van der Waals surface area contributed by atoms with Crippen molar-refractivity contribution < 1.29 is 58.6 Å². The topological polar surface area (TPSA) is 104 Å². The summed E-state index contributed by atoms with van der Waals surface area (Å²) in [5.41, 5.74) is 0. The summed E-state index contributed by atoms with van der Waals surface area (Å²) in [4.78, 5) is 49.4. The van der Waals surface area contributed by atoms with E-state index in [1.54, 1.807) is 0 Å². The van der Waals surface area contributed by atoms with E-state index in [0.717, 1.165) is 38.5 Å². The standard InChI is InChI=1S/C21H35NO6.Na/c1-4-7-9-11-13-18(23)22(19(24)14-12-10-8-5-2)17(21(26)27)16-20(25)28-15-6-3;/h6,17H,3-5,7-16H2,1-2H3,(H,26,27);/q;+1/p-1. The molecule has 1 atom stereocenters. The van der Waals surface area contributed by atoms with Gasteiger partial charge in [0.1, 0.15) is 6.61 Å². The summed E-state index contributed by atoms with van der Waals surface area (Å²) in [6.45, 7) is 7.41. The molecule has 0 aromatic heterocycles. The molecule has 2 amide bonds. The number of imide groups is 1. The Morgan fingerprint density at radius 3 is 1.79 bits per heavy atom. The average molecular weight is 419 g/mol. The number of esters is 1. The summed E-state index contributed by atoms with van der Waals surface area (Å²) < 4.78 is 4.81. The Morgan fingerprint density at radius 2 is 1.41 bits per heavy atom. The second-order valence-corrected chi connectivity index (χ2v) is 6.79. The molecule has 0 fully saturated rings. The van der Waals surface area contributed by atoms with Crippen molar-refractivity contribution in [3.8, 4) is 0 Å². The Balaban J connectivity index is 0. The van der Waals surface area contributed by atoms with Gasteiger partial charge in [0.2, 0.25) is 11.8 Å². The quantitative estimate of drug-likeness (QED) is 0.145. The molecule has 0 aliphatic carbocycles. The van der Waals surface area contributed by atoms with Crippen LogP contribution in [0.3, 0.4) is 0 Å². The number of hydrogen-bond acceptors (Lipinski definition) is 6. The van der Waals surface area contributed by atoms with Crippen LogP contribution in [0.4, 0.5) is 0 Å². The van der Waals surface area contributed by atoms with Crippen molar-refractivity contribution in [1.82, 2.24) is 4.90 Å². The maximum Gasteiger partial charge on any atom is 1.00 e. The fourth-order valence-electron chi connectivity index (χ4n) is 2.78. The molecule has 29 heavy (non-hydrogen) atoms. The van der Waals surface area contributed by atoms with Crippen molar-refractivity contribution in [3.05, 3.63) is 12.7 Å². The van der Waals surface area contributed by atoms with Crippen molar-refractivity contribution in [3.63, 3.8) is 0 Å². The van der Waals surface area contributed by atoms with E-state index in [4.69, 9.17) is 4.74 Å². The van der Waals surface area contributed by atoms with Gasteiger partial charge >= 0.3 is 35.5 Å². The van der Waals surface area contributed by atoms with Gasteiger partial charge in [0, 0.05) is 12.8 Å². The minimum Gasteiger partial charge on any atom is -0.548 e. The van der Waals surface area contributed by atoms with Gasteiger partial charge < -0.3 is 14.6 Å². The first kappa shape index (κ1) is 30.0. The van der Waals surface area contributed by atoms with Crippen LogP contribution in [0.1, 0.15) is 84.5 Å². The maximum absolute atomic E-state index is 12.6. The third-order valence-electron chi connectivity index (χ3n) is 4.33. The van der Waals surface area contributed by atoms with Crippen LogP contribution in [0.5, 0.6) is 0 Å². The predicted molar refractivity (Wildman–Crippen MR) is 104 cm³/mol. The first-order chi connectivity index (χ1) is 13.4. The maximum atomic E-state index is 12.6.